The van der Waals surface area contributed by atoms with Gasteiger partial charge in [0.2, 0.25) is 0 Å². The van der Waals surface area contributed by atoms with Gasteiger partial charge in [-0.05, 0) is 52.6 Å². The number of carbonyl (C=O) groups is 1. The zero-order valence-corrected chi connectivity index (χ0v) is 17.2. The molecule has 0 radical (unpaired) electrons. The van der Waals surface area contributed by atoms with Crippen molar-refractivity contribution in [2.45, 2.75) is 57.9 Å². The lowest BCUT2D eigenvalue weighted by Gasteiger charge is -2.36. The third-order valence-electron chi connectivity index (χ3n) is 5.95. The first-order chi connectivity index (χ1) is 12.6. The van der Waals surface area contributed by atoms with E-state index in [-0.39, 0.29) is 11.9 Å². The van der Waals surface area contributed by atoms with Crippen molar-refractivity contribution in [3.8, 4) is 0 Å². The minimum absolute atomic E-state index is 0.0379. The Hall–Kier alpha value is -1.30. The van der Waals surface area contributed by atoms with Crippen LogP contribution in [-0.2, 0) is 9.53 Å². The number of nitrogens with zero attached hydrogens (tertiary/aromatic N) is 3. The highest BCUT2D eigenvalue weighted by Crippen LogP contribution is 2.28. The van der Waals surface area contributed by atoms with Crippen LogP contribution >= 0.6 is 0 Å². The average molecular weight is 367 g/mol. The molecule has 0 amide bonds. The molecule has 1 heterocycles. The number of esters is 1. The Morgan fingerprint density at radius 3 is 2.38 bits per heavy atom. The van der Waals surface area contributed by atoms with Crippen LogP contribution in [0.1, 0.15) is 51.9 Å². The van der Waals surface area contributed by atoms with Crippen LogP contribution in [0.3, 0.4) is 0 Å². The monoisotopic (exact) mass is 366 g/mol. The van der Waals surface area contributed by atoms with Gasteiger partial charge in [-0.25, -0.2) is 0 Å². The third kappa shape index (κ3) is 5.86. The highest BCUT2D eigenvalue weighted by atomic mass is 16.5. The van der Waals surface area contributed by atoms with E-state index >= 15 is 0 Å². The number of guanidine groups is 1. The van der Waals surface area contributed by atoms with Crippen molar-refractivity contribution >= 4 is 11.9 Å². The molecule has 1 atom stereocenters. The van der Waals surface area contributed by atoms with Gasteiger partial charge >= 0.3 is 5.97 Å². The van der Waals surface area contributed by atoms with Crippen molar-refractivity contribution in [2.75, 3.05) is 47.4 Å². The van der Waals surface area contributed by atoms with E-state index in [4.69, 9.17) is 9.73 Å². The molecule has 6 heteroatoms. The van der Waals surface area contributed by atoms with Gasteiger partial charge in [0.15, 0.2) is 5.96 Å². The maximum atomic E-state index is 11.7. The number of ether oxygens (including phenoxy) is 1. The van der Waals surface area contributed by atoms with Gasteiger partial charge in [-0.1, -0.05) is 19.3 Å². The van der Waals surface area contributed by atoms with E-state index in [0.29, 0.717) is 6.04 Å². The highest BCUT2D eigenvalue weighted by Gasteiger charge is 2.28. The summed E-state index contributed by atoms with van der Waals surface area (Å²) >= 11 is 0. The first-order valence-corrected chi connectivity index (χ1v) is 10.3. The number of methoxy groups -OCH3 is 1. The van der Waals surface area contributed by atoms with Gasteiger partial charge < -0.3 is 19.9 Å². The summed E-state index contributed by atoms with van der Waals surface area (Å²) in [6, 6.07) is 0.511. The van der Waals surface area contributed by atoms with Crippen LogP contribution in [0.4, 0.5) is 0 Å². The van der Waals surface area contributed by atoms with E-state index in [2.05, 4.69) is 36.1 Å². The molecule has 1 aliphatic carbocycles. The van der Waals surface area contributed by atoms with E-state index in [0.717, 1.165) is 50.9 Å². The van der Waals surface area contributed by atoms with Gasteiger partial charge in [-0.2, -0.15) is 0 Å². The summed E-state index contributed by atoms with van der Waals surface area (Å²) in [6.45, 7) is 5.55. The zero-order chi connectivity index (χ0) is 18.9. The molecule has 0 aromatic rings. The maximum Gasteiger partial charge on any atom is 0.308 e. The predicted octanol–water partition coefficient (Wildman–Crippen LogP) is 2.35. The first-order valence-electron chi connectivity index (χ1n) is 10.3. The molecule has 1 N–H and O–H groups in total. The predicted molar refractivity (Wildman–Crippen MR) is 106 cm³/mol. The van der Waals surface area contributed by atoms with Crippen LogP contribution in [-0.4, -0.2) is 75.2 Å². The molecule has 0 aromatic heterocycles. The van der Waals surface area contributed by atoms with Crippen LogP contribution in [0.25, 0.3) is 0 Å². The minimum Gasteiger partial charge on any atom is -0.469 e. The number of rotatable bonds is 6. The van der Waals surface area contributed by atoms with E-state index in [9.17, 15) is 4.79 Å². The number of likely N-dealkylation sites (tertiary alicyclic amines) is 1. The number of likely N-dealkylation sites (N-methyl/N-ethyl adjacent to an activating group) is 1. The number of piperidine rings is 1. The molecule has 2 rings (SSSR count). The summed E-state index contributed by atoms with van der Waals surface area (Å²) in [5, 5.41) is 3.45. The summed E-state index contributed by atoms with van der Waals surface area (Å²) in [5.41, 5.74) is 0. The summed E-state index contributed by atoms with van der Waals surface area (Å²) in [5.74, 6) is 1.72. The molecule has 1 saturated heterocycles. The molecule has 1 aliphatic heterocycles. The largest absolute Gasteiger partial charge is 0.469 e. The zero-order valence-electron chi connectivity index (χ0n) is 17.2. The molecular formula is C20H38N4O2. The lowest BCUT2D eigenvalue weighted by molar-refractivity contribution is -0.146. The van der Waals surface area contributed by atoms with Crippen molar-refractivity contribution in [2.24, 2.45) is 16.8 Å². The van der Waals surface area contributed by atoms with Crippen LogP contribution in [0.15, 0.2) is 4.99 Å². The Morgan fingerprint density at radius 1 is 1.19 bits per heavy atom. The fourth-order valence-corrected chi connectivity index (χ4v) is 4.35. The third-order valence-corrected chi connectivity index (χ3v) is 5.95. The average Bonchev–Trinajstić information content (AvgIpc) is 2.67. The maximum absolute atomic E-state index is 11.7. The van der Waals surface area contributed by atoms with Gasteiger partial charge in [0, 0.05) is 25.7 Å². The van der Waals surface area contributed by atoms with Crippen LogP contribution < -0.4 is 5.32 Å². The summed E-state index contributed by atoms with van der Waals surface area (Å²) in [4.78, 5) is 21.4. The number of aliphatic imine (C=N–C) groups is 1. The number of hydrogen-bond acceptors (Lipinski definition) is 4. The molecule has 1 unspecified atom stereocenters. The van der Waals surface area contributed by atoms with Gasteiger partial charge in [-0.15, -0.1) is 0 Å². The summed E-state index contributed by atoms with van der Waals surface area (Å²) < 4.78 is 4.90. The van der Waals surface area contributed by atoms with Crippen molar-refractivity contribution in [3.05, 3.63) is 0 Å². The topological polar surface area (TPSA) is 57.2 Å². The van der Waals surface area contributed by atoms with Crippen LogP contribution in [0.5, 0.6) is 0 Å². The lowest BCUT2D eigenvalue weighted by atomic mass is 9.83. The van der Waals surface area contributed by atoms with Crippen LogP contribution in [0.2, 0.25) is 0 Å². The molecular weight excluding hydrogens is 328 g/mol. The summed E-state index contributed by atoms with van der Waals surface area (Å²) in [7, 11) is 5.85. The first kappa shape index (κ1) is 21.0. The van der Waals surface area contributed by atoms with Crippen molar-refractivity contribution < 1.29 is 9.53 Å². The quantitative estimate of drug-likeness (QED) is 0.444. The molecule has 0 spiro atoms. The van der Waals surface area contributed by atoms with E-state index in [1.807, 2.05) is 0 Å². The Kier molecular flexibility index (Phi) is 8.69. The Morgan fingerprint density at radius 2 is 1.85 bits per heavy atom. The molecule has 26 heavy (non-hydrogen) atoms. The molecule has 0 bridgehead atoms. The molecule has 2 fully saturated rings. The Labute approximate surface area is 159 Å². The van der Waals surface area contributed by atoms with Crippen molar-refractivity contribution in [1.82, 2.24) is 15.1 Å². The van der Waals surface area contributed by atoms with E-state index < -0.39 is 0 Å². The smallest absolute Gasteiger partial charge is 0.308 e. The van der Waals surface area contributed by atoms with Crippen LogP contribution in [0, 0.1) is 11.8 Å². The van der Waals surface area contributed by atoms with Gasteiger partial charge in [-0.3, -0.25) is 9.79 Å². The summed E-state index contributed by atoms with van der Waals surface area (Å²) in [6.07, 6.45) is 8.46. The minimum atomic E-state index is -0.0726. The molecule has 0 aromatic carbocycles. The number of hydrogen-bond donors (Lipinski definition) is 1. The van der Waals surface area contributed by atoms with Crippen molar-refractivity contribution in [3.63, 3.8) is 0 Å². The molecule has 6 nitrogen and oxygen atoms in total. The second kappa shape index (κ2) is 10.8. The second-order valence-corrected chi connectivity index (χ2v) is 7.91. The second-order valence-electron chi connectivity index (χ2n) is 7.91. The highest BCUT2D eigenvalue weighted by molar-refractivity contribution is 5.80. The van der Waals surface area contributed by atoms with Gasteiger partial charge in [0.05, 0.1) is 19.6 Å². The number of nitrogens with one attached hydrogen (secondary N) is 1. The number of carbonyl (C=O) groups excluding carboxylic acids is 1. The van der Waals surface area contributed by atoms with Gasteiger partial charge in [0.25, 0.3) is 0 Å². The van der Waals surface area contributed by atoms with Crippen molar-refractivity contribution in [1.29, 1.82) is 0 Å². The fourth-order valence-electron chi connectivity index (χ4n) is 4.35. The standard InChI is InChI=1S/C20H38N4O2/c1-5-21-20(24-13-11-17(12-14-24)19(25)26-4)22-15-18(23(2)3)16-9-7-6-8-10-16/h16-18H,5-15H2,1-4H3,(H,21,22). The SMILES string of the molecule is CCNC(=NCC(C1CCCCC1)N(C)C)N1CCC(C(=O)OC)CC1. The normalized spacial score (nSPS) is 21.7. The fraction of sp³-hybridized carbons (Fsp3) is 0.900. The molecule has 150 valence electrons. The van der Waals surface area contributed by atoms with E-state index in [1.165, 1.54) is 39.2 Å². The molecule has 2 aliphatic rings. The van der Waals surface area contributed by atoms with Gasteiger partial charge in [0.1, 0.15) is 0 Å². The Bertz CT molecular complexity index is 453. The lowest BCUT2D eigenvalue weighted by Crippen LogP contribution is -2.47. The van der Waals surface area contributed by atoms with E-state index in [1.54, 1.807) is 0 Å². The Balaban J connectivity index is 1.97. The molecule has 1 saturated carbocycles.